The van der Waals surface area contributed by atoms with Crippen molar-refractivity contribution < 1.29 is 9.21 Å². The Kier molecular flexibility index (Phi) is 4.25. The molecule has 1 heterocycles. The molecule has 0 saturated heterocycles. The molecular formula is C13H16N4O2. The maximum Gasteiger partial charge on any atom is 0.247 e. The molecule has 0 aliphatic rings. The molecule has 0 spiro atoms. The first-order valence-electron chi connectivity index (χ1n) is 6.07. The van der Waals surface area contributed by atoms with Crippen molar-refractivity contribution in [2.75, 3.05) is 5.32 Å². The van der Waals surface area contributed by atoms with Gasteiger partial charge in [-0.2, -0.15) is 0 Å². The summed E-state index contributed by atoms with van der Waals surface area (Å²) in [6, 6.07) is 7.25. The molecule has 6 nitrogen and oxygen atoms in total. The van der Waals surface area contributed by atoms with E-state index in [2.05, 4.69) is 15.5 Å². The van der Waals surface area contributed by atoms with E-state index < -0.39 is 0 Å². The van der Waals surface area contributed by atoms with E-state index in [-0.39, 0.29) is 11.9 Å². The Morgan fingerprint density at radius 3 is 2.74 bits per heavy atom. The van der Waals surface area contributed by atoms with Crippen LogP contribution in [0.5, 0.6) is 0 Å². The van der Waals surface area contributed by atoms with Crippen LogP contribution in [0.1, 0.15) is 19.8 Å². The fourth-order valence-electron chi connectivity index (χ4n) is 1.58. The van der Waals surface area contributed by atoms with Gasteiger partial charge in [-0.15, -0.1) is 10.2 Å². The predicted octanol–water partition coefficient (Wildman–Crippen LogP) is 1.80. The smallest absolute Gasteiger partial charge is 0.247 e. The predicted molar refractivity (Wildman–Crippen MR) is 71.2 cm³/mol. The van der Waals surface area contributed by atoms with E-state index in [0.717, 1.165) is 11.3 Å². The summed E-state index contributed by atoms with van der Waals surface area (Å²) < 4.78 is 5.08. The first-order valence-corrected chi connectivity index (χ1v) is 6.07. The average molecular weight is 260 g/mol. The van der Waals surface area contributed by atoms with Gasteiger partial charge >= 0.3 is 0 Å². The third-order valence-corrected chi connectivity index (χ3v) is 2.60. The number of hydrogen-bond donors (Lipinski definition) is 2. The first kappa shape index (κ1) is 13.2. The van der Waals surface area contributed by atoms with Crippen molar-refractivity contribution in [2.24, 2.45) is 5.73 Å². The SMILES string of the molecule is CC(N)CCC(=O)Nc1ccc(-c2nnco2)cc1. The molecule has 19 heavy (non-hydrogen) atoms. The van der Waals surface area contributed by atoms with Gasteiger partial charge in [0.05, 0.1) is 0 Å². The standard InChI is InChI=1S/C13H16N4O2/c1-9(14)2-7-12(18)16-11-5-3-10(4-6-11)13-17-15-8-19-13/h3-6,8-9H,2,7,14H2,1H3,(H,16,18). The van der Waals surface area contributed by atoms with Crippen LogP contribution in [0, 0.1) is 0 Å². The number of hydrogen-bond acceptors (Lipinski definition) is 5. The summed E-state index contributed by atoms with van der Waals surface area (Å²) in [5.41, 5.74) is 7.15. The minimum absolute atomic E-state index is 0.0330. The van der Waals surface area contributed by atoms with Gasteiger partial charge in [-0.3, -0.25) is 4.79 Å². The van der Waals surface area contributed by atoms with Crippen LogP contribution in [0.3, 0.4) is 0 Å². The lowest BCUT2D eigenvalue weighted by atomic mass is 10.1. The van der Waals surface area contributed by atoms with Gasteiger partial charge in [0.2, 0.25) is 18.2 Å². The van der Waals surface area contributed by atoms with Crippen molar-refractivity contribution in [3.63, 3.8) is 0 Å². The molecular weight excluding hydrogens is 244 g/mol. The molecule has 0 fully saturated rings. The van der Waals surface area contributed by atoms with Crippen LogP contribution in [0.2, 0.25) is 0 Å². The summed E-state index contributed by atoms with van der Waals surface area (Å²) >= 11 is 0. The molecule has 1 aromatic carbocycles. The molecule has 0 saturated carbocycles. The molecule has 1 atom stereocenters. The number of nitrogens with zero attached hydrogens (tertiary/aromatic N) is 2. The van der Waals surface area contributed by atoms with Gasteiger partial charge in [0.15, 0.2) is 0 Å². The van der Waals surface area contributed by atoms with Gasteiger partial charge in [-0.05, 0) is 37.6 Å². The van der Waals surface area contributed by atoms with E-state index in [9.17, 15) is 4.79 Å². The van der Waals surface area contributed by atoms with E-state index in [4.69, 9.17) is 10.2 Å². The number of amides is 1. The van der Waals surface area contributed by atoms with Gasteiger partial charge in [0.25, 0.3) is 0 Å². The Balaban J connectivity index is 1.94. The maximum atomic E-state index is 11.6. The van der Waals surface area contributed by atoms with E-state index >= 15 is 0 Å². The lowest BCUT2D eigenvalue weighted by Gasteiger charge is -2.07. The van der Waals surface area contributed by atoms with Crippen molar-refractivity contribution in [3.8, 4) is 11.5 Å². The molecule has 2 rings (SSSR count). The molecule has 0 radical (unpaired) electrons. The highest BCUT2D eigenvalue weighted by atomic mass is 16.4. The molecule has 0 aliphatic carbocycles. The maximum absolute atomic E-state index is 11.6. The monoisotopic (exact) mass is 260 g/mol. The van der Waals surface area contributed by atoms with Crippen molar-refractivity contribution in [2.45, 2.75) is 25.8 Å². The van der Waals surface area contributed by atoms with Gasteiger partial charge in [0, 0.05) is 23.7 Å². The average Bonchev–Trinajstić information content (AvgIpc) is 2.91. The molecule has 3 N–H and O–H groups in total. The summed E-state index contributed by atoms with van der Waals surface area (Å²) in [7, 11) is 0. The van der Waals surface area contributed by atoms with Crippen molar-refractivity contribution in [1.82, 2.24) is 10.2 Å². The molecule has 6 heteroatoms. The highest BCUT2D eigenvalue weighted by Gasteiger charge is 2.06. The number of carbonyl (C=O) groups excluding carboxylic acids is 1. The second-order valence-electron chi connectivity index (χ2n) is 4.39. The van der Waals surface area contributed by atoms with Crippen molar-refractivity contribution >= 4 is 11.6 Å². The molecule has 100 valence electrons. The molecule has 0 aliphatic heterocycles. The second-order valence-corrected chi connectivity index (χ2v) is 4.39. The third kappa shape index (κ3) is 3.89. The fraction of sp³-hybridized carbons (Fsp3) is 0.308. The summed E-state index contributed by atoms with van der Waals surface area (Å²) in [6.45, 7) is 1.88. The molecule has 1 amide bonds. The number of rotatable bonds is 5. The Bertz CT molecular complexity index is 520. The van der Waals surface area contributed by atoms with Crippen LogP contribution in [0.15, 0.2) is 35.1 Å². The quantitative estimate of drug-likeness (QED) is 0.854. The van der Waals surface area contributed by atoms with Gasteiger partial charge in [-0.25, -0.2) is 0 Å². The van der Waals surface area contributed by atoms with Gasteiger partial charge in [0.1, 0.15) is 0 Å². The highest BCUT2D eigenvalue weighted by molar-refractivity contribution is 5.90. The lowest BCUT2D eigenvalue weighted by molar-refractivity contribution is -0.116. The number of anilines is 1. The van der Waals surface area contributed by atoms with Gasteiger partial charge in [-0.1, -0.05) is 0 Å². The summed E-state index contributed by atoms with van der Waals surface area (Å²) in [4.78, 5) is 11.6. The van der Waals surface area contributed by atoms with E-state index in [1.54, 1.807) is 12.1 Å². The van der Waals surface area contributed by atoms with Crippen LogP contribution in [-0.2, 0) is 4.79 Å². The number of nitrogens with two attached hydrogens (primary N) is 1. The highest BCUT2D eigenvalue weighted by Crippen LogP contribution is 2.18. The number of carbonyl (C=O) groups is 1. The molecule has 1 unspecified atom stereocenters. The van der Waals surface area contributed by atoms with Crippen molar-refractivity contribution in [3.05, 3.63) is 30.7 Å². The summed E-state index contributed by atoms with van der Waals surface area (Å²) in [6.07, 6.45) is 2.37. The third-order valence-electron chi connectivity index (χ3n) is 2.60. The van der Waals surface area contributed by atoms with Crippen LogP contribution < -0.4 is 11.1 Å². The minimum atomic E-state index is -0.0390. The molecule has 1 aromatic heterocycles. The van der Waals surface area contributed by atoms with Crippen LogP contribution in [0.25, 0.3) is 11.5 Å². The van der Waals surface area contributed by atoms with Gasteiger partial charge < -0.3 is 15.5 Å². The molecule has 0 bridgehead atoms. The zero-order valence-corrected chi connectivity index (χ0v) is 10.7. The summed E-state index contributed by atoms with van der Waals surface area (Å²) in [5.74, 6) is 0.415. The van der Waals surface area contributed by atoms with E-state index in [1.807, 2.05) is 19.1 Å². The van der Waals surface area contributed by atoms with Crippen LogP contribution in [0.4, 0.5) is 5.69 Å². The number of aromatic nitrogens is 2. The number of nitrogens with one attached hydrogen (secondary N) is 1. The zero-order valence-electron chi connectivity index (χ0n) is 10.7. The minimum Gasteiger partial charge on any atom is -0.423 e. The number of benzene rings is 1. The first-order chi connectivity index (χ1) is 9.15. The second kappa shape index (κ2) is 6.10. The summed E-state index contributed by atoms with van der Waals surface area (Å²) in [5, 5.41) is 10.2. The Morgan fingerprint density at radius 1 is 1.42 bits per heavy atom. The topological polar surface area (TPSA) is 94.0 Å². The Morgan fingerprint density at radius 2 is 2.16 bits per heavy atom. The van der Waals surface area contributed by atoms with E-state index in [0.29, 0.717) is 18.7 Å². The Labute approximate surface area is 111 Å². The van der Waals surface area contributed by atoms with Crippen LogP contribution in [-0.4, -0.2) is 22.1 Å². The molecule has 2 aromatic rings. The Hall–Kier alpha value is -2.21. The zero-order chi connectivity index (χ0) is 13.7. The van der Waals surface area contributed by atoms with E-state index in [1.165, 1.54) is 6.39 Å². The normalized spacial score (nSPS) is 12.1. The van der Waals surface area contributed by atoms with Crippen LogP contribution >= 0.6 is 0 Å². The van der Waals surface area contributed by atoms with Crippen molar-refractivity contribution in [1.29, 1.82) is 0 Å². The largest absolute Gasteiger partial charge is 0.423 e. The fourth-order valence-corrected chi connectivity index (χ4v) is 1.58. The lowest BCUT2D eigenvalue weighted by Crippen LogP contribution is -2.19.